The number of carbonyl (C=O) groups excluding carboxylic acids is 1. The van der Waals surface area contributed by atoms with Gasteiger partial charge in [-0.2, -0.15) is 0 Å². The van der Waals surface area contributed by atoms with Crippen LogP contribution in [0.3, 0.4) is 0 Å². The summed E-state index contributed by atoms with van der Waals surface area (Å²) in [6.07, 6.45) is 0. The van der Waals surface area contributed by atoms with Gasteiger partial charge in [0.2, 0.25) is 0 Å². The van der Waals surface area contributed by atoms with E-state index in [1.54, 1.807) is 0 Å². The standard InChI is InChI=1S/C4H2BrNO2/c1-3(6-2)4(7)8-5/h1H2. The lowest BCUT2D eigenvalue weighted by Crippen LogP contribution is -1.94. The minimum absolute atomic E-state index is 0.234. The minimum Gasteiger partial charge on any atom is -0.388 e. The second-order valence-electron chi connectivity index (χ2n) is 0.923. The van der Waals surface area contributed by atoms with Gasteiger partial charge in [-0.05, 0) is 0 Å². The molecule has 0 aliphatic carbocycles. The Balaban J connectivity index is 3.89. The Labute approximate surface area is 55.2 Å². The van der Waals surface area contributed by atoms with Crippen LogP contribution in [0.5, 0.6) is 0 Å². The van der Waals surface area contributed by atoms with Crippen molar-refractivity contribution in [3.05, 3.63) is 23.7 Å². The molecule has 0 radical (unpaired) electrons. The van der Waals surface area contributed by atoms with E-state index in [-0.39, 0.29) is 5.70 Å². The highest BCUT2D eigenvalue weighted by molar-refractivity contribution is 9.06. The second kappa shape index (κ2) is 3.22. The third-order valence-electron chi connectivity index (χ3n) is 0.441. The smallest absolute Gasteiger partial charge is 0.347 e. The van der Waals surface area contributed by atoms with Crippen LogP contribution in [0.4, 0.5) is 0 Å². The first-order valence-corrected chi connectivity index (χ1v) is 2.26. The van der Waals surface area contributed by atoms with Crippen molar-refractivity contribution >= 4 is 22.2 Å². The molecule has 0 saturated heterocycles. The molecule has 0 aliphatic rings. The van der Waals surface area contributed by atoms with Gasteiger partial charge >= 0.3 is 5.97 Å². The molecule has 0 aromatic carbocycles. The van der Waals surface area contributed by atoms with Gasteiger partial charge in [0.15, 0.2) is 16.3 Å². The molecule has 0 atom stereocenters. The number of carbonyl (C=O) groups is 1. The van der Waals surface area contributed by atoms with Crippen molar-refractivity contribution in [2.24, 2.45) is 0 Å². The molecule has 0 bridgehead atoms. The van der Waals surface area contributed by atoms with Gasteiger partial charge in [-0.25, -0.2) is 4.85 Å². The Kier molecular flexibility index (Phi) is 2.89. The molecule has 0 unspecified atom stereocenters. The summed E-state index contributed by atoms with van der Waals surface area (Å²) in [6.45, 7) is 9.33. The normalized spacial score (nSPS) is 7.00. The van der Waals surface area contributed by atoms with Crippen LogP contribution >= 0.6 is 16.3 Å². The van der Waals surface area contributed by atoms with Crippen molar-refractivity contribution in [2.45, 2.75) is 0 Å². The molecule has 42 valence electrons. The number of hydrogen-bond acceptors (Lipinski definition) is 2. The van der Waals surface area contributed by atoms with E-state index in [1.165, 1.54) is 0 Å². The maximum atomic E-state index is 10.2. The number of halogens is 1. The van der Waals surface area contributed by atoms with Crippen molar-refractivity contribution in [1.29, 1.82) is 0 Å². The van der Waals surface area contributed by atoms with Gasteiger partial charge in [-0.1, -0.05) is 6.58 Å². The second-order valence-corrected chi connectivity index (χ2v) is 1.25. The van der Waals surface area contributed by atoms with Crippen molar-refractivity contribution in [3.8, 4) is 0 Å². The molecule has 4 heteroatoms. The summed E-state index contributed by atoms with van der Waals surface area (Å²) in [5, 5.41) is 0. The van der Waals surface area contributed by atoms with E-state index in [4.69, 9.17) is 6.57 Å². The summed E-state index contributed by atoms with van der Waals surface area (Å²) in [5.41, 5.74) is -0.234. The average molecular weight is 176 g/mol. The highest BCUT2D eigenvalue weighted by Gasteiger charge is 2.04. The van der Waals surface area contributed by atoms with E-state index in [0.29, 0.717) is 0 Å². The maximum Gasteiger partial charge on any atom is 0.347 e. The zero-order chi connectivity index (χ0) is 6.57. The lowest BCUT2D eigenvalue weighted by atomic mass is 10.5. The fraction of sp³-hybridized carbons (Fsp3) is 0. The van der Waals surface area contributed by atoms with Crippen LogP contribution in [0.25, 0.3) is 4.85 Å². The average Bonchev–Trinajstić information content (AvgIpc) is 1.84. The molecule has 0 aromatic heterocycles. The fourth-order valence-corrected chi connectivity index (χ4v) is 0.277. The Morgan fingerprint density at radius 3 is 2.50 bits per heavy atom. The first-order valence-electron chi connectivity index (χ1n) is 1.61. The molecule has 0 fully saturated rings. The Hall–Kier alpha value is -0.820. The quantitative estimate of drug-likeness (QED) is 0.444. The molecule has 0 heterocycles. The third-order valence-corrected chi connectivity index (χ3v) is 0.735. The van der Waals surface area contributed by atoms with Crippen LogP contribution in [-0.4, -0.2) is 5.97 Å². The van der Waals surface area contributed by atoms with Gasteiger partial charge in [0.1, 0.15) is 0 Å². The van der Waals surface area contributed by atoms with E-state index in [1.807, 2.05) is 0 Å². The Morgan fingerprint density at radius 2 is 2.38 bits per heavy atom. The Morgan fingerprint density at radius 1 is 1.88 bits per heavy atom. The van der Waals surface area contributed by atoms with Crippen LogP contribution in [0.15, 0.2) is 12.3 Å². The lowest BCUT2D eigenvalue weighted by molar-refractivity contribution is -0.127. The molecular formula is C4H2BrNO2. The van der Waals surface area contributed by atoms with Gasteiger partial charge in [-0.15, -0.1) is 0 Å². The predicted molar refractivity (Wildman–Crippen MR) is 30.8 cm³/mol. The molecular weight excluding hydrogens is 174 g/mol. The molecule has 0 N–H and O–H groups in total. The first-order chi connectivity index (χ1) is 3.72. The van der Waals surface area contributed by atoms with Crippen LogP contribution in [-0.2, 0) is 8.62 Å². The summed E-state index contributed by atoms with van der Waals surface area (Å²) in [6, 6.07) is 0. The third kappa shape index (κ3) is 1.76. The van der Waals surface area contributed by atoms with Gasteiger partial charge in [-0.3, -0.25) is 4.79 Å². The van der Waals surface area contributed by atoms with Crippen LogP contribution in [0.1, 0.15) is 0 Å². The van der Waals surface area contributed by atoms with Crippen LogP contribution in [0, 0.1) is 6.57 Å². The SMILES string of the molecule is [C-]#[N+]C(=C)C(=O)OBr. The Bertz CT molecular complexity index is 158. The zero-order valence-electron chi connectivity index (χ0n) is 3.85. The summed E-state index contributed by atoms with van der Waals surface area (Å²) >= 11 is 2.40. The van der Waals surface area contributed by atoms with Crippen molar-refractivity contribution in [1.82, 2.24) is 0 Å². The largest absolute Gasteiger partial charge is 0.388 e. The van der Waals surface area contributed by atoms with Crippen LogP contribution in [0.2, 0.25) is 0 Å². The molecule has 0 aromatic rings. The summed E-state index contributed by atoms with van der Waals surface area (Å²) in [4.78, 5) is 12.9. The number of rotatable bonds is 1. The summed E-state index contributed by atoms with van der Waals surface area (Å²) < 4.78 is 3.96. The zero-order valence-corrected chi connectivity index (χ0v) is 5.43. The monoisotopic (exact) mass is 175 g/mol. The molecule has 3 nitrogen and oxygen atoms in total. The summed E-state index contributed by atoms with van der Waals surface area (Å²) in [7, 11) is 0. The minimum atomic E-state index is -0.750. The molecule has 0 aliphatic heterocycles. The van der Waals surface area contributed by atoms with E-state index in [2.05, 4.69) is 31.5 Å². The first kappa shape index (κ1) is 7.18. The van der Waals surface area contributed by atoms with Gasteiger partial charge in [0.05, 0.1) is 6.57 Å². The highest BCUT2D eigenvalue weighted by Crippen LogP contribution is 1.97. The van der Waals surface area contributed by atoms with E-state index in [0.717, 1.165) is 0 Å². The highest BCUT2D eigenvalue weighted by atomic mass is 79.9. The van der Waals surface area contributed by atoms with Crippen molar-refractivity contribution in [2.75, 3.05) is 0 Å². The van der Waals surface area contributed by atoms with Crippen molar-refractivity contribution < 1.29 is 8.62 Å². The van der Waals surface area contributed by atoms with Crippen molar-refractivity contribution in [3.63, 3.8) is 0 Å². The molecule has 0 spiro atoms. The number of hydrogen-bond donors (Lipinski definition) is 0. The molecule has 0 rings (SSSR count). The van der Waals surface area contributed by atoms with E-state index < -0.39 is 5.97 Å². The predicted octanol–water partition coefficient (Wildman–Crippen LogP) is 1.27. The number of nitrogens with zero attached hydrogens (tertiary/aromatic N) is 1. The lowest BCUT2D eigenvalue weighted by Gasteiger charge is -1.86. The molecule has 0 amide bonds. The van der Waals surface area contributed by atoms with Gasteiger partial charge in [0.25, 0.3) is 5.70 Å². The fourth-order valence-electron chi connectivity index (χ4n) is 0.0902. The van der Waals surface area contributed by atoms with Crippen LogP contribution < -0.4 is 0 Å². The van der Waals surface area contributed by atoms with E-state index >= 15 is 0 Å². The maximum absolute atomic E-state index is 10.2. The van der Waals surface area contributed by atoms with E-state index in [9.17, 15) is 4.79 Å². The molecule has 8 heavy (non-hydrogen) atoms. The van der Waals surface area contributed by atoms with Gasteiger partial charge < -0.3 is 3.83 Å². The molecule has 0 saturated carbocycles. The summed E-state index contributed by atoms with van der Waals surface area (Å²) in [5.74, 6) is -0.750. The topological polar surface area (TPSA) is 30.7 Å². The van der Waals surface area contributed by atoms with Gasteiger partial charge in [0, 0.05) is 0 Å².